The van der Waals surface area contributed by atoms with Gasteiger partial charge in [-0.1, -0.05) is 64.4 Å². The van der Waals surface area contributed by atoms with Crippen molar-refractivity contribution >= 4 is 45.2 Å². The van der Waals surface area contributed by atoms with Gasteiger partial charge in [0.15, 0.2) is 0 Å². The number of carbonyl (C=O) groups is 4. The Morgan fingerprint density at radius 2 is 1.83 bits per heavy atom. The standard InChI is InChI=1S/C32H51N5O7S2/c1-3-4-5-6-10-15-24-20-32(24,30(40)41)35-29(39)26-16-11-18-37(26)27(38)21-33-31(42)34-25(23-13-8-7-9-14-23)22-36(2)46(43,44)28-17-12-19-45-28/h12,17,19,23-26H,3-11,13-16,18,20-22H2,1-2H3,(H,35,39)(H,40,41)(H2,33,34,42)/t24?,25?,26?,32-/m1/s1. The number of likely N-dealkylation sites (N-methyl/N-ethyl adjacent to an activating group) is 1. The fourth-order valence-electron chi connectivity index (χ4n) is 7.05. The number of hydrogen-bond donors (Lipinski definition) is 4. The van der Waals surface area contributed by atoms with Crippen LogP contribution in [0.25, 0.3) is 0 Å². The van der Waals surface area contributed by atoms with Crippen LogP contribution in [0.15, 0.2) is 21.7 Å². The van der Waals surface area contributed by atoms with Gasteiger partial charge in [-0.3, -0.25) is 9.59 Å². The molecule has 0 aromatic carbocycles. The molecule has 0 radical (unpaired) electrons. The summed E-state index contributed by atoms with van der Waals surface area (Å²) in [6.45, 7) is 2.26. The van der Waals surface area contributed by atoms with E-state index in [2.05, 4.69) is 22.9 Å². The van der Waals surface area contributed by atoms with Crippen LogP contribution in [0.1, 0.15) is 96.8 Å². The fourth-order valence-corrected chi connectivity index (χ4v) is 9.44. The van der Waals surface area contributed by atoms with Crippen molar-refractivity contribution < 1.29 is 32.7 Å². The zero-order valence-electron chi connectivity index (χ0n) is 27.2. The van der Waals surface area contributed by atoms with Crippen LogP contribution in [0.3, 0.4) is 0 Å². The topological polar surface area (TPSA) is 165 Å². The molecule has 3 unspecified atom stereocenters. The third-order valence-corrected chi connectivity index (χ3v) is 13.1. The molecule has 258 valence electrons. The summed E-state index contributed by atoms with van der Waals surface area (Å²) < 4.78 is 27.6. The minimum Gasteiger partial charge on any atom is -0.479 e. The van der Waals surface area contributed by atoms with Crippen molar-refractivity contribution in [2.24, 2.45) is 11.8 Å². The molecular formula is C32H51N5O7S2. The molecule has 4 rings (SSSR count). The summed E-state index contributed by atoms with van der Waals surface area (Å²) in [5.41, 5.74) is -1.27. The third kappa shape index (κ3) is 9.00. The fraction of sp³-hybridized carbons (Fsp3) is 0.750. The second-order valence-corrected chi connectivity index (χ2v) is 16.4. The number of sulfonamides is 1. The Balaban J connectivity index is 1.30. The number of hydrogen-bond acceptors (Lipinski definition) is 7. The molecule has 4 amide bonds. The molecule has 2 aliphatic carbocycles. The molecule has 1 aromatic rings. The summed E-state index contributed by atoms with van der Waals surface area (Å²) in [5, 5.41) is 20.0. The summed E-state index contributed by atoms with van der Waals surface area (Å²) in [4.78, 5) is 53.1. The lowest BCUT2D eigenvalue weighted by molar-refractivity contribution is -0.145. The van der Waals surface area contributed by atoms with Crippen molar-refractivity contribution in [2.45, 2.75) is 119 Å². The first-order valence-corrected chi connectivity index (χ1v) is 19.2. The molecule has 1 aromatic heterocycles. The van der Waals surface area contributed by atoms with Crippen LogP contribution in [-0.4, -0.2) is 90.8 Å². The number of likely N-dealkylation sites (tertiary alicyclic amines) is 1. The summed E-state index contributed by atoms with van der Waals surface area (Å²) >= 11 is 1.14. The molecule has 0 bridgehead atoms. The highest BCUT2D eigenvalue weighted by Gasteiger charge is 2.61. The quantitative estimate of drug-likeness (QED) is 0.181. The van der Waals surface area contributed by atoms with Gasteiger partial charge in [0.25, 0.3) is 10.0 Å². The van der Waals surface area contributed by atoms with Gasteiger partial charge in [0.1, 0.15) is 15.8 Å². The van der Waals surface area contributed by atoms with Crippen LogP contribution in [0.5, 0.6) is 0 Å². The van der Waals surface area contributed by atoms with E-state index in [0.29, 0.717) is 25.8 Å². The molecule has 12 nitrogen and oxygen atoms in total. The highest BCUT2D eigenvalue weighted by Crippen LogP contribution is 2.47. The number of carboxylic acids is 1. The SMILES string of the molecule is CCCCCCCC1C[C@]1(NC(=O)C1CCCN1C(=O)CNC(=O)NC(CN(C)S(=O)(=O)c1cccs1)C1CCCCC1)C(=O)O. The Hall–Kier alpha value is -2.71. The molecule has 1 aliphatic heterocycles. The van der Waals surface area contributed by atoms with E-state index in [4.69, 9.17) is 0 Å². The molecule has 14 heteroatoms. The predicted octanol–water partition coefficient (Wildman–Crippen LogP) is 3.93. The average molecular weight is 682 g/mol. The lowest BCUT2D eigenvalue weighted by Crippen LogP contribution is -2.55. The van der Waals surface area contributed by atoms with Crippen molar-refractivity contribution in [3.63, 3.8) is 0 Å². The summed E-state index contributed by atoms with van der Waals surface area (Å²) in [6, 6.07) is 1.45. The molecule has 1 saturated heterocycles. The van der Waals surface area contributed by atoms with Crippen LogP contribution in [0.2, 0.25) is 0 Å². The minimum atomic E-state index is -3.70. The molecular weight excluding hydrogens is 631 g/mol. The maximum Gasteiger partial charge on any atom is 0.329 e. The molecule has 4 N–H and O–H groups in total. The number of carbonyl (C=O) groups excluding carboxylic acids is 3. The number of thiophene rings is 1. The van der Waals surface area contributed by atoms with E-state index < -0.39 is 51.5 Å². The zero-order valence-corrected chi connectivity index (χ0v) is 28.8. The number of nitrogens with one attached hydrogen (secondary N) is 3. The Morgan fingerprint density at radius 3 is 2.50 bits per heavy atom. The van der Waals surface area contributed by atoms with Gasteiger partial charge >= 0.3 is 12.0 Å². The summed E-state index contributed by atoms with van der Waals surface area (Å²) in [5.74, 6) is -1.92. The number of amides is 4. The first-order chi connectivity index (χ1) is 22.0. The van der Waals surface area contributed by atoms with Crippen LogP contribution in [0.4, 0.5) is 4.79 Å². The van der Waals surface area contributed by atoms with Crippen LogP contribution >= 0.6 is 11.3 Å². The lowest BCUT2D eigenvalue weighted by Gasteiger charge is -2.33. The molecule has 46 heavy (non-hydrogen) atoms. The Morgan fingerprint density at radius 1 is 1.09 bits per heavy atom. The van der Waals surface area contributed by atoms with Gasteiger partial charge in [0.05, 0.1) is 6.54 Å². The smallest absolute Gasteiger partial charge is 0.329 e. The first-order valence-electron chi connectivity index (χ1n) is 16.9. The lowest BCUT2D eigenvalue weighted by atomic mass is 9.84. The van der Waals surface area contributed by atoms with Gasteiger partial charge < -0.3 is 26.0 Å². The second kappa shape index (κ2) is 16.4. The Bertz CT molecular complexity index is 1300. The van der Waals surface area contributed by atoms with Gasteiger partial charge in [-0.25, -0.2) is 18.0 Å². The molecule has 4 atom stereocenters. The van der Waals surface area contributed by atoms with Gasteiger partial charge in [0.2, 0.25) is 11.8 Å². The van der Waals surface area contributed by atoms with Gasteiger partial charge in [-0.2, -0.15) is 4.31 Å². The van der Waals surface area contributed by atoms with E-state index in [1.165, 1.54) is 16.3 Å². The third-order valence-electron chi connectivity index (χ3n) is 9.91. The molecule has 2 saturated carbocycles. The summed E-state index contributed by atoms with van der Waals surface area (Å²) in [7, 11) is -2.19. The molecule has 3 aliphatic rings. The molecule has 3 fully saturated rings. The largest absolute Gasteiger partial charge is 0.479 e. The number of nitrogens with zero attached hydrogens (tertiary/aromatic N) is 2. The molecule has 2 heterocycles. The summed E-state index contributed by atoms with van der Waals surface area (Å²) in [6.07, 6.45) is 12.4. The first kappa shape index (κ1) is 36.1. The number of unbranched alkanes of at least 4 members (excludes halogenated alkanes) is 4. The zero-order chi connectivity index (χ0) is 33.3. The number of rotatable bonds is 17. The highest BCUT2D eigenvalue weighted by atomic mass is 32.2. The number of urea groups is 1. The van der Waals surface area contributed by atoms with Crippen LogP contribution in [-0.2, 0) is 24.4 Å². The van der Waals surface area contributed by atoms with Crippen LogP contribution in [0, 0.1) is 11.8 Å². The second-order valence-electron chi connectivity index (χ2n) is 13.2. The van der Waals surface area contributed by atoms with Crippen molar-refractivity contribution in [3.05, 3.63) is 17.5 Å². The van der Waals surface area contributed by atoms with Crippen LogP contribution < -0.4 is 16.0 Å². The van der Waals surface area contributed by atoms with E-state index in [0.717, 1.165) is 82.0 Å². The van der Waals surface area contributed by atoms with E-state index in [9.17, 15) is 32.7 Å². The van der Waals surface area contributed by atoms with E-state index in [-0.39, 0.29) is 29.1 Å². The average Bonchev–Trinajstić information content (AvgIpc) is 3.41. The Kier molecular flexibility index (Phi) is 12.9. The van der Waals surface area contributed by atoms with Crippen molar-refractivity contribution in [2.75, 3.05) is 26.7 Å². The maximum absolute atomic E-state index is 13.3. The monoisotopic (exact) mass is 681 g/mol. The predicted molar refractivity (Wildman–Crippen MR) is 176 cm³/mol. The van der Waals surface area contributed by atoms with Crippen molar-refractivity contribution in [1.29, 1.82) is 0 Å². The minimum absolute atomic E-state index is 0.103. The van der Waals surface area contributed by atoms with Gasteiger partial charge in [-0.05, 0) is 61.8 Å². The Labute approximate surface area is 277 Å². The van der Waals surface area contributed by atoms with Gasteiger partial charge in [0, 0.05) is 26.2 Å². The number of carboxylic acid groups (broad SMARTS) is 1. The highest BCUT2D eigenvalue weighted by molar-refractivity contribution is 7.91. The van der Waals surface area contributed by atoms with Crippen molar-refractivity contribution in [1.82, 2.24) is 25.2 Å². The molecule has 0 spiro atoms. The number of aliphatic carboxylic acids is 1. The van der Waals surface area contributed by atoms with E-state index in [1.54, 1.807) is 17.5 Å². The normalized spacial score (nSPS) is 24.0. The maximum atomic E-state index is 13.3. The van der Waals surface area contributed by atoms with E-state index >= 15 is 0 Å². The van der Waals surface area contributed by atoms with Crippen molar-refractivity contribution in [3.8, 4) is 0 Å². The van der Waals surface area contributed by atoms with E-state index in [1.807, 2.05) is 0 Å². The van der Waals surface area contributed by atoms with Gasteiger partial charge in [-0.15, -0.1) is 11.3 Å².